The molecule has 1 aromatic carbocycles. The number of hydrogen-bond acceptors (Lipinski definition) is 3. The molecule has 1 rings (SSSR count). The Labute approximate surface area is 91.1 Å². The summed E-state index contributed by atoms with van der Waals surface area (Å²) in [6.07, 6.45) is -0.340. The van der Waals surface area contributed by atoms with E-state index < -0.39 is 0 Å². The van der Waals surface area contributed by atoms with Gasteiger partial charge in [0.1, 0.15) is 0 Å². The Kier molecular flexibility index (Phi) is 5.32. The molecule has 15 heavy (non-hydrogen) atoms. The molecule has 84 valence electrons. The Morgan fingerprint density at radius 2 is 2.00 bits per heavy atom. The number of aliphatic hydroxyl groups excluding tert-OH is 1. The third-order valence-corrected chi connectivity index (χ3v) is 2.19. The second-order valence-electron chi connectivity index (χ2n) is 3.68. The molecule has 0 saturated carbocycles. The molecule has 0 fully saturated rings. The molecule has 0 amide bonds. The fourth-order valence-corrected chi connectivity index (χ4v) is 1.44. The van der Waals surface area contributed by atoms with Crippen LogP contribution in [0.25, 0.3) is 0 Å². The Hall–Kier alpha value is -0.900. The monoisotopic (exact) mass is 209 g/mol. The number of nitrogens with one attached hydrogen (secondary N) is 1. The van der Waals surface area contributed by atoms with E-state index in [1.54, 1.807) is 14.0 Å². The maximum Gasteiger partial charge on any atom is 0.0657 e. The van der Waals surface area contributed by atoms with Crippen LogP contribution < -0.4 is 5.32 Å². The zero-order chi connectivity index (χ0) is 11.1. The molecule has 0 aromatic heterocycles. The van der Waals surface area contributed by atoms with Crippen LogP contribution in [0.4, 0.5) is 0 Å². The van der Waals surface area contributed by atoms with Gasteiger partial charge in [0.25, 0.3) is 0 Å². The number of benzene rings is 1. The van der Waals surface area contributed by atoms with E-state index >= 15 is 0 Å². The van der Waals surface area contributed by atoms with Gasteiger partial charge in [0.05, 0.1) is 18.8 Å². The zero-order valence-electron chi connectivity index (χ0n) is 9.31. The molecule has 0 saturated heterocycles. The SMILES string of the molecule is COC[C@@H](NC[C@@H](C)O)c1ccccc1. The molecular formula is C12H19NO2. The fraction of sp³-hybridized carbons (Fsp3) is 0.500. The van der Waals surface area contributed by atoms with Crippen LogP contribution in [-0.2, 0) is 4.74 Å². The van der Waals surface area contributed by atoms with E-state index in [1.165, 1.54) is 5.56 Å². The van der Waals surface area contributed by atoms with Crippen molar-refractivity contribution < 1.29 is 9.84 Å². The number of ether oxygens (including phenoxy) is 1. The lowest BCUT2D eigenvalue weighted by molar-refractivity contribution is 0.146. The predicted octanol–water partition coefficient (Wildman–Crippen LogP) is 1.34. The molecule has 2 N–H and O–H groups in total. The molecule has 0 bridgehead atoms. The van der Waals surface area contributed by atoms with Crippen molar-refractivity contribution in [3.05, 3.63) is 35.9 Å². The lowest BCUT2D eigenvalue weighted by Gasteiger charge is -2.19. The van der Waals surface area contributed by atoms with Crippen molar-refractivity contribution in [3.63, 3.8) is 0 Å². The summed E-state index contributed by atoms with van der Waals surface area (Å²) in [6.45, 7) is 2.95. The van der Waals surface area contributed by atoms with Gasteiger partial charge in [-0.15, -0.1) is 0 Å². The molecule has 3 nitrogen and oxygen atoms in total. The molecule has 1 aromatic rings. The highest BCUT2D eigenvalue weighted by Gasteiger charge is 2.10. The molecule has 0 aliphatic carbocycles. The van der Waals surface area contributed by atoms with E-state index in [4.69, 9.17) is 4.74 Å². The first-order valence-electron chi connectivity index (χ1n) is 5.19. The topological polar surface area (TPSA) is 41.5 Å². The van der Waals surface area contributed by atoms with Gasteiger partial charge in [-0.05, 0) is 12.5 Å². The van der Waals surface area contributed by atoms with E-state index in [-0.39, 0.29) is 12.1 Å². The summed E-state index contributed by atoms with van der Waals surface area (Å²) in [4.78, 5) is 0. The van der Waals surface area contributed by atoms with Gasteiger partial charge in [-0.25, -0.2) is 0 Å². The van der Waals surface area contributed by atoms with Crippen LogP contribution in [0.15, 0.2) is 30.3 Å². The highest BCUT2D eigenvalue weighted by molar-refractivity contribution is 5.18. The van der Waals surface area contributed by atoms with Gasteiger partial charge in [-0.3, -0.25) is 0 Å². The summed E-state index contributed by atoms with van der Waals surface area (Å²) in [6, 6.07) is 10.2. The maximum atomic E-state index is 9.21. The molecule has 2 atom stereocenters. The van der Waals surface area contributed by atoms with E-state index in [0.29, 0.717) is 13.2 Å². The summed E-state index contributed by atoms with van der Waals surface area (Å²) >= 11 is 0. The highest BCUT2D eigenvalue weighted by Crippen LogP contribution is 2.12. The number of hydrogen-bond donors (Lipinski definition) is 2. The summed E-state index contributed by atoms with van der Waals surface area (Å²) < 4.78 is 5.15. The predicted molar refractivity (Wildman–Crippen MR) is 60.7 cm³/mol. The Morgan fingerprint density at radius 1 is 1.33 bits per heavy atom. The van der Waals surface area contributed by atoms with Crippen molar-refractivity contribution in [2.75, 3.05) is 20.3 Å². The van der Waals surface area contributed by atoms with Crippen LogP contribution >= 0.6 is 0 Å². The first-order chi connectivity index (χ1) is 7.24. The van der Waals surface area contributed by atoms with E-state index in [0.717, 1.165) is 0 Å². The molecule has 0 radical (unpaired) electrons. The number of aliphatic hydroxyl groups is 1. The summed E-state index contributed by atoms with van der Waals surface area (Å²) in [5.74, 6) is 0. The Morgan fingerprint density at radius 3 is 2.53 bits per heavy atom. The van der Waals surface area contributed by atoms with Gasteiger partial charge >= 0.3 is 0 Å². The molecule has 3 heteroatoms. The molecule has 0 heterocycles. The average Bonchev–Trinajstić information content (AvgIpc) is 2.25. The Bertz CT molecular complexity index is 262. The van der Waals surface area contributed by atoms with Crippen LogP contribution in [-0.4, -0.2) is 31.5 Å². The van der Waals surface area contributed by atoms with Crippen LogP contribution in [0.1, 0.15) is 18.5 Å². The average molecular weight is 209 g/mol. The summed E-state index contributed by atoms with van der Waals surface area (Å²) in [7, 11) is 1.68. The molecule has 0 aliphatic heterocycles. The van der Waals surface area contributed by atoms with Crippen LogP contribution in [0.3, 0.4) is 0 Å². The van der Waals surface area contributed by atoms with Crippen LogP contribution in [0.5, 0.6) is 0 Å². The van der Waals surface area contributed by atoms with E-state index in [2.05, 4.69) is 17.4 Å². The van der Waals surface area contributed by atoms with Gasteiger partial charge in [-0.2, -0.15) is 0 Å². The van der Waals surface area contributed by atoms with Gasteiger partial charge in [0.2, 0.25) is 0 Å². The van der Waals surface area contributed by atoms with Crippen molar-refractivity contribution >= 4 is 0 Å². The van der Waals surface area contributed by atoms with Gasteiger partial charge < -0.3 is 15.2 Å². The highest BCUT2D eigenvalue weighted by atomic mass is 16.5. The second kappa shape index (κ2) is 6.56. The lowest BCUT2D eigenvalue weighted by atomic mass is 10.1. The van der Waals surface area contributed by atoms with Crippen molar-refractivity contribution in [3.8, 4) is 0 Å². The van der Waals surface area contributed by atoms with Crippen LogP contribution in [0.2, 0.25) is 0 Å². The van der Waals surface area contributed by atoms with Crippen molar-refractivity contribution in [2.24, 2.45) is 0 Å². The largest absolute Gasteiger partial charge is 0.392 e. The summed E-state index contributed by atoms with van der Waals surface area (Å²) in [5, 5.41) is 12.5. The first-order valence-corrected chi connectivity index (χ1v) is 5.19. The van der Waals surface area contributed by atoms with Crippen molar-refractivity contribution in [1.82, 2.24) is 5.32 Å². The first kappa shape index (κ1) is 12.2. The van der Waals surface area contributed by atoms with Crippen LogP contribution in [0, 0.1) is 0 Å². The minimum atomic E-state index is -0.340. The second-order valence-corrected chi connectivity index (χ2v) is 3.68. The minimum absolute atomic E-state index is 0.144. The Balaban J connectivity index is 2.57. The molecule has 0 spiro atoms. The maximum absolute atomic E-state index is 9.21. The summed E-state index contributed by atoms with van der Waals surface area (Å²) in [5.41, 5.74) is 1.18. The van der Waals surface area contributed by atoms with Gasteiger partial charge in [0, 0.05) is 13.7 Å². The van der Waals surface area contributed by atoms with Gasteiger partial charge in [0.15, 0.2) is 0 Å². The number of rotatable bonds is 6. The lowest BCUT2D eigenvalue weighted by Crippen LogP contribution is -2.31. The third kappa shape index (κ3) is 4.42. The zero-order valence-corrected chi connectivity index (χ0v) is 9.31. The molecule has 0 aliphatic rings. The molecular weight excluding hydrogens is 190 g/mol. The van der Waals surface area contributed by atoms with Crippen molar-refractivity contribution in [1.29, 1.82) is 0 Å². The third-order valence-electron chi connectivity index (χ3n) is 2.19. The minimum Gasteiger partial charge on any atom is -0.392 e. The quantitative estimate of drug-likeness (QED) is 0.743. The van der Waals surface area contributed by atoms with Crippen molar-refractivity contribution in [2.45, 2.75) is 19.1 Å². The van der Waals surface area contributed by atoms with E-state index in [9.17, 15) is 5.11 Å². The van der Waals surface area contributed by atoms with E-state index in [1.807, 2.05) is 18.2 Å². The van der Waals surface area contributed by atoms with Gasteiger partial charge in [-0.1, -0.05) is 30.3 Å². The normalized spacial score (nSPS) is 14.9. The number of methoxy groups -OCH3 is 1. The smallest absolute Gasteiger partial charge is 0.0657 e. The fourth-order valence-electron chi connectivity index (χ4n) is 1.44. The standard InChI is InChI=1S/C12H19NO2/c1-10(14)8-13-12(9-15-2)11-6-4-3-5-7-11/h3-7,10,12-14H,8-9H2,1-2H3/t10-,12-/m1/s1. The molecule has 0 unspecified atom stereocenters.